The van der Waals surface area contributed by atoms with Crippen molar-refractivity contribution in [1.82, 2.24) is 16.0 Å². The number of nitrogens with one attached hydrogen (secondary N) is 3. The Bertz CT molecular complexity index is 491. The fraction of sp³-hybridized carbons (Fsp3) is 0.500. The molecule has 0 fully saturated rings. The number of benzene rings is 1. The van der Waals surface area contributed by atoms with Crippen LogP contribution in [0.1, 0.15) is 36.5 Å². The topological polar surface area (TPSA) is 65.5 Å². The Balaban J connectivity index is 2.22. The van der Waals surface area contributed by atoms with Crippen LogP contribution in [0.5, 0.6) is 0 Å². The highest BCUT2D eigenvalue weighted by molar-refractivity contribution is 9.10. The Morgan fingerprint density at radius 2 is 1.86 bits per heavy atom. The van der Waals surface area contributed by atoms with Crippen molar-refractivity contribution in [3.63, 3.8) is 0 Å². The molecule has 0 saturated carbocycles. The number of carbonyl (C=O) groups excluding carboxylic acids is 1. The number of halogens is 1. The van der Waals surface area contributed by atoms with Crippen LogP contribution in [0.15, 0.2) is 33.7 Å². The van der Waals surface area contributed by atoms with Crippen molar-refractivity contribution < 1.29 is 4.79 Å². The minimum Gasteiger partial charge on any atom is -0.356 e. The van der Waals surface area contributed by atoms with Crippen molar-refractivity contribution in [1.29, 1.82) is 0 Å². The van der Waals surface area contributed by atoms with Crippen LogP contribution >= 0.6 is 15.9 Å². The maximum absolute atomic E-state index is 11.9. The predicted molar refractivity (Wildman–Crippen MR) is 95.4 cm³/mol. The van der Waals surface area contributed by atoms with Crippen molar-refractivity contribution in [3.8, 4) is 0 Å². The van der Waals surface area contributed by atoms with Gasteiger partial charge in [-0.15, -0.1) is 0 Å². The second-order valence-corrected chi connectivity index (χ2v) is 5.81. The smallest absolute Gasteiger partial charge is 0.251 e. The van der Waals surface area contributed by atoms with Gasteiger partial charge in [-0.05, 0) is 24.6 Å². The molecule has 0 bridgehead atoms. The number of aliphatic imine (C=N–C) groups is 1. The molecule has 0 heterocycles. The molecule has 5 nitrogen and oxygen atoms in total. The molecular formula is C16H25BrN4O. The quantitative estimate of drug-likeness (QED) is 0.375. The lowest BCUT2D eigenvalue weighted by Gasteiger charge is -2.12. The van der Waals surface area contributed by atoms with Gasteiger partial charge in [0.1, 0.15) is 0 Å². The fourth-order valence-electron chi connectivity index (χ4n) is 1.89. The predicted octanol–water partition coefficient (Wildman–Crippen LogP) is 2.53. The molecule has 1 rings (SSSR count). The standard InChI is InChI=1S/C16H25BrN4O/c1-3-4-5-9-20-16(18-2)21-11-10-19-15(22)13-7-6-8-14(17)12-13/h6-8,12H,3-5,9-11H2,1-2H3,(H,19,22)(H2,18,20,21). The molecule has 0 aliphatic rings. The van der Waals surface area contributed by atoms with E-state index in [9.17, 15) is 4.79 Å². The lowest BCUT2D eigenvalue weighted by Crippen LogP contribution is -2.41. The van der Waals surface area contributed by atoms with E-state index in [0.717, 1.165) is 23.4 Å². The van der Waals surface area contributed by atoms with E-state index in [1.54, 1.807) is 19.2 Å². The summed E-state index contributed by atoms with van der Waals surface area (Å²) in [4.78, 5) is 16.1. The normalized spacial score (nSPS) is 11.1. The Labute approximate surface area is 141 Å². The monoisotopic (exact) mass is 368 g/mol. The van der Waals surface area contributed by atoms with Crippen molar-refractivity contribution in [3.05, 3.63) is 34.3 Å². The second-order valence-electron chi connectivity index (χ2n) is 4.90. The van der Waals surface area contributed by atoms with Crippen molar-refractivity contribution in [2.24, 2.45) is 4.99 Å². The van der Waals surface area contributed by atoms with Gasteiger partial charge < -0.3 is 16.0 Å². The van der Waals surface area contributed by atoms with Gasteiger partial charge in [0, 0.05) is 36.7 Å². The molecule has 0 unspecified atom stereocenters. The van der Waals surface area contributed by atoms with Crippen molar-refractivity contribution in [2.45, 2.75) is 26.2 Å². The summed E-state index contributed by atoms with van der Waals surface area (Å²) in [6.45, 7) is 4.27. The second kappa shape index (κ2) is 11.1. The molecule has 0 saturated heterocycles. The van der Waals surface area contributed by atoms with Gasteiger partial charge in [-0.2, -0.15) is 0 Å². The van der Waals surface area contributed by atoms with E-state index < -0.39 is 0 Å². The zero-order chi connectivity index (χ0) is 16.2. The van der Waals surface area contributed by atoms with Gasteiger partial charge in [0.2, 0.25) is 0 Å². The maximum Gasteiger partial charge on any atom is 0.251 e. The number of carbonyl (C=O) groups is 1. The Morgan fingerprint density at radius 3 is 2.55 bits per heavy atom. The molecule has 3 N–H and O–H groups in total. The number of hydrogen-bond donors (Lipinski definition) is 3. The minimum absolute atomic E-state index is 0.0750. The fourth-order valence-corrected chi connectivity index (χ4v) is 2.29. The molecule has 0 aliphatic heterocycles. The van der Waals surface area contributed by atoms with Crippen LogP contribution in [0.25, 0.3) is 0 Å². The Morgan fingerprint density at radius 1 is 1.14 bits per heavy atom. The summed E-state index contributed by atoms with van der Waals surface area (Å²) in [5.74, 6) is 0.696. The zero-order valence-electron chi connectivity index (χ0n) is 13.3. The summed E-state index contributed by atoms with van der Waals surface area (Å²) >= 11 is 3.36. The largest absolute Gasteiger partial charge is 0.356 e. The maximum atomic E-state index is 11.9. The van der Waals surface area contributed by atoms with Crippen molar-refractivity contribution >= 4 is 27.8 Å². The highest BCUT2D eigenvalue weighted by atomic mass is 79.9. The molecule has 6 heteroatoms. The molecule has 1 aromatic carbocycles. The van der Waals surface area contributed by atoms with Gasteiger partial charge in [0.25, 0.3) is 5.91 Å². The Hall–Kier alpha value is -1.56. The van der Waals surface area contributed by atoms with E-state index in [2.05, 4.69) is 43.8 Å². The lowest BCUT2D eigenvalue weighted by atomic mass is 10.2. The highest BCUT2D eigenvalue weighted by Crippen LogP contribution is 2.11. The third kappa shape index (κ3) is 7.45. The zero-order valence-corrected chi connectivity index (χ0v) is 14.9. The van der Waals surface area contributed by atoms with Crippen LogP contribution in [-0.2, 0) is 0 Å². The van der Waals surface area contributed by atoms with E-state index in [4.69, 9.17) is 0 Å². The summed E-state index contributed by atoms with van der Waals surface area (Å²) < 4.78 is 0.898. The molecule has 1 amide bonds. The van der Waals surface area contributed by atoms with Gasteiger partial charge in [-0.1, -0.05) is 41.8 Å². The number of amides is 1. The molecule has 0 radical (unpaired) electrons. The highest BCUT2D eigenvalue weighted by Gasteiger charge is 2.04. The SMILES string of the molecule is CCCCCNC(=NC)NCCNC(=O)c1cccc(Br)c1. The van der Waals surface area contributed by atoms with Gasteiger partial charge in [-0.3, -0.25) is 9.79 Å². The van der Waals surface area contributed by atoms with E-state index >= 15 is 0 Å². The molecule has 0 aliphatic carbocycles. The van der Waals surface area contributed by atoms with Gasteiger partial charge in [-0.25, -0.2) is 0 Å². The number of guanidine groups is 1. The molecule has 22 heavy (non-hydrogen) atoms. The number of unbranched alkanes of at least 4 members (excludes halogenated alkanes) is 2. The van der Waals surface area contributed by atoms with Gasteiger partial charge in [0.15, 0.2) is 5.96 Å². The average molecular weight is 369 g/mol. The third-order valence-electron chi connectivity index (χ3n) is 3.09. The first-order valence-electron chi connectivity index (χ1n) is 7.65. The van der Waals surface area contributed by atoms with E-state index in [1.807, 2.05) is 12.1 Å². The van der Waals surface area contributed by atoms with Crippen LogP contribution < -0.4 is 16.0 Å². The minimum atomic E-state index is -0.0750. The molecule has 0 aromatic heterocycles. The van der Waals surface area contributed by atoms with Crippen LogP contribution in [0.4, 0.5) is 0 Å². The van der Waals surface area contributed by atoms with E-state index in [1.165, 1.54) is 12.8 Å². The summed E-state index contributed by atoms with van der Waals surface area (Å²) in [6.07, 6.45) is 3.55. The van der Waals surface area contributed by atoms with Crippen LogP contribution in [-0.4, -0.2) is 38.5 Å². The first-order chi connectivity index (χ1) is 10.7. The van der Waals surface area contributed by atoms with Gasteiger partial charge in [0.05, 0.1) is 0 Å². The summed E-state index contributed by atoms with van der Waals surface area (Å²) in [6, 6.07) is 7.34. The molecule has 0 spiro atoms. The van der Waals surface area contributed by atoms with Crippen LogP contribution in [0.2, 0.25) is 0 Å². The molecule has 0 atom stereocenters. The average Bonchev–Trinajstić information content (AvgIpc) is 2.53. The number of nitrogens with zero attached hydrogens (tertiary/aromatic N) is 1. The van der Waals surface area contributed by atoms with Crippen LogP contribution in [0, 0.1) is 0 Å². The summed E-state index contributed by atoms with van der Waals surface area (Å²) in [5, 5.41) is 9.31. The Kier molecular flexibility index (Phi) is 9.30. The van der Waals surface area contributed by atoms with E-state index in [0.29, 0.717) is 18.7 Å². The van der Waals surface area contributed by atoms with Crippen LogP contribution in [0.3, 0.4) is 0 Å². The van der Waals surface area contributed by atoms with E-state index in [-0.39, 0.29) is 5.91 Å². The summed E-state index contributed by atoms with van der Waals surface area (Å²) in [7, 11) is 1.75. The van der Waals surface area contributed by atoms with Gasteiger partial charge >= 0.3 is 0 Å². The molecule has 122 valence electrons. The molecule has 1 aromatic rings. The first kappa shape index (κ1) is 18.5. The molecular weight excluding hydrogens is 344 g/mol. The number of hydrogen-bond acceptors (Lipinski definition) is 2. The first-order valence-corrected chi connectivity index (χ1v) is 8.45. The van der Waals surface area contributed by atoms with Crippen molar-refractivity contribution in [2.75, 3.05) is 26.7 Å². The third-order valence-corrected chi connectivity index (χ3v) is 3.58. The lowest BCUT2D eigenvalue weighted by molar-refractivity contribution is 0.0954. The summed E-state index contributed by atoms with van der Waals surface area (Å²) in [5.41, 5.74) is 0.649. The number of rotatable bonds is 8.